The van der Waals surface area contributed by atoms with E-state index in [2.05, 4.69) is 5.32 Å². The number of amides is 1. The predicted octanol–water partition coefficient (Wildman–Crippen LogP) is 1.48. The molecule has 1 rings (SSSR count). The molecule has 1 aromatic rings. The largest absolute Gasteiger partial charge is 0.448 e. The van der Waals surface area contributed by atoms with Crippen LogP contribution < -0.4 is 5.32 Å². The van der Waals surface area contributed by atoms with Crippen LogP contribution in [0.2, 0.25) is 0 Å². The summed E-state index contributed by atoms with van der Waals surface area (Å²) < 4.78 is 4.95. The van der Waals surface area contributed by atoms with E-state index in [0.29, 0.717) is 6.61 Å². The molecule has 0 saturated carbocycles. The van der Waals surface area contributed by atoms with Crippen molar-refractivity contribution < 1.29 is 9.53 Å². The minimum atomic E-state index is -0.425. The lowest BCUT2D eigenvalue weighted by molar-refractivity contribution is 0.139. The van der Waals surface area contributed by atoms with Crippen LogP contribution in [-0.4, -0.2) is 38.2 Å². The van der Waals surface area contributed by atoms with Crippen LogP contribution in [0.15, 0.2) is 30.3 Å². The zero-order valence-corrected chi connectivity index (χ0v) is 9.64. The molecule has 0 fully saturated rings. The molecular formula is C12H17N2O2. The van der Waals surface area contributed by atoms with Crippen LogP contribution in [0.4, 0.5) is 4.79 Å². The van der Waals surface area contributed by atoms with E-state index in [0.717, 1.165) is 12.1 Å². The Labute approximate surface area is 96.2 Å². The highest BCUT2D eigenvalue weighted by Gasteiger charge is 2.01. The molecule has 1 N–H and O–H groups in total. The average Bonchev–Trinajstić information content (AvgIpc) is 2.27. The Morgan fingerprint density at radius 3 is 2.69 bits per heavy atom. The molecule has 0 aliphatic rings. The number of nitrogens with zero attached hydrogens (tertiary/aromatic N) is 1. The summed E-state index contributed by atoms with van der Waals surface area (Å²) in [5.41, 5.74) is 0.937. The van der Waals surface area contributed by atoms with Crippen LogP contribution in [0.3, 0.4) is 0 Å². The Kier molecular flexibility index (Phi) is 5.36. The molecule has 1 amide bonds. The number of ether oxygens (including phenoxy) is 1. The van der Waals surface area contributed by atoms with Crippen molar-refractivity contribution in [1.29, 1.82) is 0 Å². The maximum absolute atomic E-state index is 11.2. The van der Waals surface area contributed by atoms with Gasteiger partial charge in [0, 0.05) is 6.54 Å². The van der Waals surface area contributed by atoms with Crippen molar-refractivity contribution in [2.75, 3.05) is 27.2 Å². The molecule has 4 nitrogen and oxygen atoms in total. The molecule has 16 heavy (non-hydrogen) atoms. The van der Waals surface area contributed by atoms with Gasteiger partial charge in [0.1, 0.15) is 6.61 Å². The van der Waals surface area contributed by atoms with Gasteiger partial charge >= 0.3 is 6.09 Å². The second kappa shape index (κ2) is 6.85. The van der Waals surface area contributed by atoms with Gasteiger partial charge in [-0.15, -0.1) is 0 Å². The van der Waals surface area contributed by atoms with E-state index < -0.39 is 6.09 Å². The Morgan fingerprint density at radius 2 is 2.06 bits per heavy atom. The van der Waals surface area contributed by atoms with E-state index in [-0.39, 0.29) is 0 Å². The number of likely N-dealkylation sites (N-methyl/N-ethyl adjacent to an activating group) is 1. The van der Waals surface area contributed by atoms with Crippen LogP contribution in [0.5, 0.6) is 0 Å². The van der Waals surface area contributed by atoms with E-state index in [1.54, 1.807) is 6.54 Å². The summed E-state index contributed by atoms with van der Waals surface area (Å²) >= 11 is 0. The quantitative estimate of drug-likeness (QED) is 0.819. The third-order valence-electron chi connectivity index (χ3n) is 1.93. The molecule has 0 aliphatic carbocycles. The van der Waals surface area contributed by atoms with Crippen molar-refractivity contribution in [3.8, 4) is 0 Å². The van der Waals surface area contributed by atoms with Gasteiger partial charge in [-0.1, -0.05) is 30.3 Å². The van der Waals surface area contributed by atoms with Gasteiger partial charge < -0.3 is 15.0 Å². The van der Waals surface area contributed by atoms with Crippen LogP contribution in [0.25, 0.3) is 0 Å². The lowest BCUT2D eigenvalue weighted by Gasteiger charge is -2.10. The van der Waals surface area contributed by atoms with Crippen LogP contribution >= 0.6 is 0 Å². The van der Waals surface area contributed by atoms with Crippen molar-refractivity contribution in [2.45, 2.75) is 0 Å². The molecule has 0 aromatic heterocycles. The van der Waals surface area contributed by atoms with Gasteiger partial charge in [0.25, 0.3) is 0 Å². The number of alkyl carbamates (subject to hydrolysis) is 1. The highest BCUT2D eigenvalue weighted by molar-refractivity contribution is 5.68. The number of benzene rings is 1. The fraction of sp³-hybridized carbons (Fsp3) is 0.333. The number of nitrogens with one attached hydrogen (secondary N) is 1. The third kappa shape index (κ3) is 5.36. The Balaban J connectivity index is 2.16. The molecule has 0 unspecified atom stereocenters. The number of carbonyl (C=O) groups excluding carboxylic acids is 1. The van der Waals surface area contributed by atoms with Gasteiger partial charge in [-0.3, -0.25) is 0 Å². The van der Waals surface area contributed by atoms with Gasteiger partial charge in [-0.05, 0) is 19.7 Å². The number of hydrogen-bond donors (Lipinski definition) is 1. The van der Waals surface area contributed by atoms with Crippen molar-refractivity contribution >= 4 is 6.09 Å². The molecular weight excluding hydrogens is 204 g/mol. The van der Waals surface area contributed by atoms with Crippen LogP contribution in [0.1, 0.15) is 5.56 Å². The minimum absolute atomic E-state index is 0.390. The van der Waals surface area contributed by atoms with E-state index >= 15 is 0 Å². The van der Waals surface area contributed by atoms with E-state index in [9.17, 15) is 4.79 Å². The van der Waals surface area contributed by atoms with Crippen molar-refractivity contribution in [3.63, 3.8) is 0 Å². The van der Waals surface area contributed by atoms with Crippen molar-refractivity contribution in [1.82, 2.24) is 10.2 Å². The summed E-state index contributed by atoms with van der Waals surface area (Å²) in [6, 6.07) is 9.54. The number of rotatable bonds is 5. The second-order valence-electron chi connectivity index (χ2n) is 3.64. The first-order valence-electron chi connectivity index (χ1n) is 5.15. The lowest BCUT2D eigenvalue weighted by Crippen LogP contribution is -2.26. The zero-order valence-electron chi connectivity index (χ0n) is 9.64. The number of carbonyl (C=O) groups is 1. The summed E-state index contributed by atoms with van der Waals surface area (Å²) in [5.74, 6) is 0. The smallest absolute Gasteiger partial charge is 0.407 e. The Bertz CT molecular complexity index is 312. The standard InChI is InChI=1S/C12H17N2O2/c1-14(2)8-9-16-12(15)13-10-11-6-4-3-5-7-11/h3-7,10H,8-9H2,1-2H3,(H,13,15). The molecule has 0 aliphatic heterocycles. The fourth-order valence-electron chi connectivity index (χ4n) is 1.05. The highest BCUT2D eigenvalue weighted by Crippen LogP contribution is 1.99. The van der Waals surface area contributed by atoms with Crippen molar-refractivity contribution in [2.24, 2.45) is 0 Å². The van der Waals surface area contributed by atoms with E-state index in [1.165, 1.54) is 0 Å². The molecule has 0 saturated heterocycles. The number of hydrogen-bond acceptors (Lipinski definition) is 3. The van der Waals surface area contributed by atoms with E-state index in [4.69, 9.17) is 4.74 Å². The summed E-state index contributed by atoms with van der Waals surface area (Å²) in [7, 11) is 3.86. The topological polar surface area (TPSA) is 41.6 Å². The summed E-state index contributed by atoms with van der Waals surface area (Å²) in [6.07, 6.45) is -0.425. The lowest BCUT2D eigenvalue weighted by atomic mass is 10.2. The predicted molar refractivity (Wildman–Crippen MR) is 62.9 cm³/mol. The van der Waals surface area contributed by atoms with Gasteiger partial charge in [0.05, 0.1) is 6.54 Å². The molecule has 1 aromatic carbocycles. The van der Waals surface area contributed by atoms with Gasteiger partial charge in [0.2, 0.25) is 0 Å². The van der Waals surface area contributed by atoms with Crippen LogP contribution in [0, 0.1) is 6.54 Å². The molecule has 0 bridgehead atoms. The molecule has 1 radical (unpaired) electrons. The Hall–Kier alpha value is -1.55. The normalized spacial score (nSPS) is 10.2. The van der Waals surface area contributed by atoms with Gasteiger partial charge in [-0.2, -0.15) is 0 Å². The molecule has 0 spiro atoms. The second-order valence-corrected chi connectivity index (χ2v) is 3.64. The minimum Gasteiger partial charge on any atom is -0.448 e. The monoisotopic (exact) mass is 221 g/mol. The first kappa shape index (κ1) is 12.5. The highest BCUT2D eigenvalue weighted by atomic mass is 16.5. The average molecular weight is 221 g/mol. The summed E-state index contributed by atoms with van der Waals surface area (Å²) in [6.45, 7) is 2.73. The van der Waals surface area contributed by atoms with Gasteiger partial charge in [-0.25, -0.2) is 4.79 Å². The summed E-state index contributed by atoms with van der Waals surface area (Å²) in [4.78, 5) is 13.2. The first-order chi connectivity index (χ1) is 7.68. The molecule has 0 heterocycles. The van der Waals surface area contributed by atoms with Crippen LogP contribution in [-0.2, 0) is 4.74 Å². The SMILES string of the molecule is CN(C)CCOC(=O)N[CH]c1ccccc1. The van der Waals surface area contributed by atoms with Gasteiger partial charge in [0.15, 0.2) is 0 Å². The van der Waals surface area contributed by atoms with Crippen molar-refractivity contribution in [3.05, 3.63) is 42.4 Å². The maximum Gasteiger partial charge on any atom is 0.407 e. The molecule has 87 valence electrons. The maximum atomic E-state index is 11.2. The summed E-state index contributed by atoms with van der Waals surface area (Å²) in [5, 5.41) is 2.57. The third-order valence-corrected chi connectivity index (χ3v) is 1.93. The molecule has 4 heteroatoms. The molecule has 0 atom stereocenters. The zero-order chi connectivity index (χ0) is 11.8. The fourth-order valence-corrected chi connectivity index (χ4v) is 1.05. The first-order valence-corrected chi connectivity index (χ1v) is 5.15. The Morgan fingerprint density at radius 1 is 1.38 bits per heavy atom. The van der Waals surface area contributed by atoms with E-state index in [1.807, 2.05) is 49.3 Å².